The Balaban J connectivity index is 0. The van der Waals surface area contributed by atoms with Gasteiger partial charge in [0.15, 0.2) is 6.29 Å². The molecule has 1 unspecified atom stereocenters. The maximum Gasteiger partial charge on any atom is 0.154 e. The number of rotatable bonds is 15. The quantitative estimate of drug-likeness (QED) is 0.269. The molecule has 0 spiro atoms. The highest BCUT2D eigenvalue weighted by molar-refractivity contribution is 4.54. The van der Waals surface area contributed by atoms with Gasteiger partial charge in [0.2, 0.25) is 0 Å². The van der Waals surface area contributed by atoms with E-state index in [-0.39, 0.29) is 5.92 Å². The van der Waals surface area contributed by atoms with E-state index in [9.17, 15) is 0 Å². The zero-order chi connectivity index (χ0) is 17.8. The molecule has 0 aliphatic heterocycles. The van der Waals surface area contributed by atoms with Crippen molar-refractivity contribution < 1.29 is 20.4 Å². The van der Waals surface area contributed by atoms with E-state index in [2.05, 4.69) is 6.92 Å². The Labute approximate surface area is 143 Å². The first-order chi connectivity index (χ1) is 11.1. The van der Waals surface area contributed by atoms with Gasteiger partial charge in [0.05, 0.1) is 0 Å². The minimum Gasteiger partial charge on any atom is -0.396 e. The summed E-state index contributed by atoms with van der Waals surface area (Å²) in [6.07, 6.45) is 13.9. The van der Waals surface area contributed by atoms with Gasteiger partial charge in [-0.05, 0) is 19.3 Å². The molecule has 0 aromatic rings. The van der Waals surface area contributed by atoms with Gasteiger partial charge in [0.1, 0.15) is 0 Å². The van der Waals surface area contributed by atoms with E-state index in [0.717, 1.165) is 38.5 Å². The minimum absolute atomic E-state index is 0.0341. The van der Waals surface area contributed by atoms with Crippen LogP contribution in [-0.2, 0) is 0 Å². The highest BCUT2D eigenvalue weighted by Gasteiger charge is 2.08. The third-order valence-electron chi connectivity index (χ3n) is 4.09. The molecule has 0 saturated carbocycles. The summed E-state index contributed by atoms with van der Waals surface area (Å²) in [6.45, 7) is 4.72. The first kappa shape index (κ1) is 25.1. The zero-order valence-corrected chi connectivity index (χ0v) is 15.6. The second-order valence-electron chi connectivity index (χ2n) is 6.52. The maximum absolute atomic E-state index is 8.73. The SMILES string of the molecule is CCCCCCC(C)C(O)O.OCCCCCCCCCCO. The van der Waals surface area contributed by atoms with E-state index < -0.39 is 6.29 Å². The van der Waals surface area contributed by atoms with Gasteiger partial charge in [-0.25, -0.2) is 0 Å². The van der Waals surface area contributed by atoms with Crippen molar-refractivity contribution in [1.29, 1.82) is 0 Å². The Bertz CT molecular complexity index is 188. The van der Waals surface area contributed by atoms with Crippen molar-refractivity contribution in [1.82, 2.24) is 0 Å². The van der Waals surface area contributed by atoms with Crippen LogP contribution in [0.1, 0.15) is 97.3 Å². The van der Waals surface area contributed by atoms with Crippen molar-refractivity contribution in [3.63, 3.8) is 0 Å². The van der Waals surface area contributed by atoms with E-state index in [1.807, 2.05) is 6.92 Å². The Morgan fingerprint density at radius 1 is 0.609 bits per heavy atom. The Kier molecular flexibility index (Phi) is 23.8. The topological polar surface area (TPSA) is 80.9 Å². The number of hydrogen-bond donors (Lipinski definition) is 4. The second-order valence-corrected chi connectivity index (χ2v) is 6.52. The normalized spacial score (nSPS) is 12.1. The summed E-state index contributed by atoms with van der Waals surface area (Å²) < 4.78 is 0. The Morgan fingerprint density at radius 2 is 1.00 bits per heavy atom. The van der Waals surface area contributed by atoms with Crippen LogP contribution < -0.4 is 0 Å². The molecule has 4 nitrogen and oxygen atoms in total. The smallest absolute Gasteiger partial charge is 0.154 e. The van der Waals surface area contributed by atoms with Crippen LogP contribution >= 0.6 is 0 Å². The molecule has 0 aliphatic carbocycles. The van der Waals surface area contributed by atoms with Crippen molar-refractivity contribution in [3.8, 4) is 0 Å². The summed E-state index contributed by atoms with van der Waals surface area (Å²) in [5.74, 6) is 0.0341. The summed E-state index contributed by atoms with van der Waals surface area (Å²) in [5.41, 5.74) is 0. The predicted molar refractivity (Wildman–Crippen MR) is 97.3 cm³/mol. The first-order valence-electron chi connectivity index (χ1n) is 9.67. The van der Waals surface area contributed by atoms with Gasteiger partial charge in [0.25, 0.3) is 0 Å². The summed E-state index contributed by atoms with van der Waals surface area (Å²) in [5, 5.41) is 34.5. The van der Waals surface area contributed by atoms with Crippen LogP contribution in [0.25, 0.3) is 0 Å². The van der Waals surface area contributed by atoms with Gasteiger partial charge >= 0.3 is 0 Å². The third kappa shape index (κ3) is 24.2. The van der Waals surface area contributed by atoms with Crippen molar-refractivity contribution in [2.24, 2.45) is 5.92 Å². The van der Waals surface area contributed by atoms with Crippen LogP contribution in [0.3, 0.4) is 0 Å². The molecule has 142 valence electrons. The maximum atomic E-state index is 8.73. The van der Waals surface area contributed by atoms with Gasteiger partial charge in [-0.1, -0.05) is 78.1 Å². The highest BCUT2D eigenvalue weighted by atomic mass is 16.5. The lowest BCUT2D eigenvalue weighted by Crippen LogP contribution is -2.15. The lowest BCUT2D eigenvalue weighted by atomic mass is 10.0. The lowest BCUT2D eigenvalue weighted by molar-refractivity contribution is -0.0808. The molecule has 4 heteroatoms. The van der Waals surface area contributed by atoms with Crippen molar-refractivity contribution in [2.75, 3.05) is 13.2 Å². The molecule has 1 atom stereocenters. The molecule has 0 radical (unpaired) electrons. The number of aliphatic hydroxyl groups excluding tert-OH is 3. The van der Waals surface area contributed by atoms with Gasteiger partial charge in [-0.2, -0.15) is 0 Å². The molecule has 0 aromatic carbocycles. The lowest BCUT2D eigenvalue weighted by Gasteiger charge is -2.12. The summed E-state index contributed by atoms with van der Waals surface area (Å²) in [7, 11) is 0. The summed E-state index contributed by atoms with van der Waals surface area (Å²) >= 11 is 0. The van der Waals surface area contributed by atoms with Crippen molar-refractivity contribution >= 4 is 0 Å². The summed E-state index contributed by atoms with van der Waals surface area (Å²) in [4.78, 5) is 0. The number of unbranched alkanes of at least 4 members (excludes halogenated alkanes) is 10. The van der Waals surface area contributed by atoms with E-state index in [0.29, 0.717) is 13.2 Å². The fraction of sp³-hybridized carbons (Fsp3) is 1.00. The molecular weight excluding hydrogens is 292 g/mol. The minimum atomic E-state index is -1.13. The molecule has 23 heavy (non-hydrogen) atoms. The van der Waals surface area contributed by atoms with Crippen LogP contribution in [0.15, 0.2) is 0 Å². The predicted octanol–water partition coefficient (Wildman–Crippen LogP) is 4.00. The largest absolute Gasteiger partial charge is 0.396 e. The molecular formula is C19H42O4. The Morgan fingerprint density at radius 3 is 1.35 bits per heavy atom. The van der Waals surface area contributed by atoms with E-state index >= 15 is 0 Å². The fourth-order valence-corrected chi connectivity index (χ4v) is 2.33. The van der Waals surface area contributed by atoms with Crippen molar-refractivity contribution in [2.45, 2.75) is 104 Å². The van der Waals surface area contributed by atoms with Crippen LogP contribution in [0, 0.1) is 5.92 Å². The second kappa shape index (κ2) is 21.8. The number of hydrogen-bond acceptors (Lipinski definition) is 4. The highest BCUT2D eigenvalue weighted by Crippen LogP contribution is 2.12. The molecule has 4 N–H and O–H groups in total. The molecule has 0 saturated heterocycles. The van der Waals surface area contributed by atoms with Crippen LogP contribution in [-0.4, -0.2) is 39.9 Å². The molecule has 0 amide bonds. The average Bonchev–Trinajstić information content (AvgIpc) is 2.54. The first-order valence-corrected chi connectivity index (χ1v) is 9.67. The van der Waals surface area contributed by atoms with Crippen molar-refractivity contribution in [3.05, 3.63) is 0 Å². The van der Waals surface area contributed by atoms with Crippen LogP contribution in [0.4, 0.5) is 0 Å². The average molecular weight is 335 g/mol. The summed E-state index contributed by atoms with van der Waals surface area (Å²) in [6, 6.07) is 0. The molecule has 0 bridgehead atoms. The van der Waals surface area contributed by atoms with Crippen LogP contribution in [0.5, 0.6) is 0 Å². The molecule has 0 rings (SSSR count). The van der Waals surface area contributed by atoms with E-state index in [1.54, 1.807) is 0 Å². The monoisotopic (exact) mass is 334 g/mol. The van der Waals surface area contributed by atoms with Gasteiger partial charge in [-0.3, -0.25) is 0 Å². The Hall–Kier alpha value is -0.160. The molecule has 0 aromatic heterocycles. The fourth-order valence-electron chi connectivity index (χ4n) is 2.33. The third-order valence-corrected chi connectivity index (χ3v) is 4.09. The molecule has 0 aliphatic rings. The van der Waals surface area contributed by atoms with Crippen LogP contribution in [0.2, 0.25) is 0 Å². The molecule has 0 heterocycles. The van der Waals surface area contributed by atoms with Gasteiger partial charge in [0, 0.05) is 19.1 Å². The number of aliphatic hydroxyl groups is 4. The van der Waals surface area contributed by atoms with E-state index in [4.69, 9.17) is 20.4 Å². The zero-order valence-electron chi connectivity index (χ0n) is 15.6. The van der Waals surface area contributed by atoms with Gasteiger partial charge < -0.3 is 20.4 Å². The standard InChI is InChI=1S/C10H22O2.C9H20O2/c11-9-7-5-3-1-2-4-6-8-10-12;1-3-4-5-6-7-8(2)9(10)11/h11-12H,1-10H2;8-11H,3-7H2,1-2H3. The van der Waals surface area contributed by atoms with Gasteiger partial charge in [-0.15, -0.1) is 0 Å². The molecule has 0 fully saturated rings. The van der Waals surface area contributed by atoms with E-state index in [1.165, 1.54) is 44.9 Å².